The number of fused-ring (bicyclic) bond motifs is 1. The van der Waals surface area contributed by atoms with Gasteiger partial charge in [0.15, 0.2) is 0 Å². The lowest BCUT2D eigenvalue weighted by Gasteiger charge is -2.34. The summed E-state index contributed by atoms with van der Waals surface area (Å²) in [6.07, 6.45) is 0.822. The van der Waals surface area contributed by atoms with Crippen molar-refractivity contribution >= 4 is 29.3 Å². The highest BCUT2D eigenvalue weighted by Crippen LogP contribution is 2.29. The van der Waals surface area contributed by atoms with Crippen LogP contribution in [0.5, 0.6) is 0 Å². The summed E-state index contributed by atoms with van der Waals surface area (Å²) in [7, 11) is 0. The van der Waals surface area contributed by atoms with Gasteiger partial charge in [-0.1, -0.05) is 18.2 Å². The molecule has 4 rings (SSSR count). The summed E-state index contributed by atoms with van der Waals surface area (Å²) in [6.45, 7) is 6.72. The zero-order valence-corrected chi connectivity index (χ0v) is 17.7. The van der Waals surface area contributed by atoms with Gasteiger partial charge in [0.1, 0.15) is 0 Å². The van der Waals surface area contributed by atoms with E-state index in [0.29, 0.717) is 6.54 Å². The van der Waals surface area contributed by atoms with Crippen LogP contribution in [0.1, 0.15) is 22.8 Å². The Morgan fingerprint density at radius 3 is 2.45 bits per heavy atom. The van der Waals surface area contributed by atoms with E-state index < -0.39 is 0 Å². The number of hydrogen-bond acceptors (Lipinski definition) is 4. The monoisotopic (exact) mass is 409 g/mol. The molecule has 5 nitrogen and oxygen atoms in total. The maximum atomic E-state index is 12.9. The van der Waals surface area contributed by atoms with Gasteiger partial charge >= 0.3 is 0 Å². The lowest BCUT2D eigenvalue weighted by molar-refractivity contribution is -0.116. The normalized spacial score (nSPS) is 16.7. The van der Waals surface area contributed by atoms with Crippen LogP contribution in [-0.2, 0) is 11.2 Å². The van der Waals surface area contributed by atoms with Crippen LogP contribution < -0.4 is 4.90 Å². The number of thioether (sulfide) groups is 1. The minimum atomic E-state index is 0.0596. The maximum absolute atomic E-state index is 12.9. The first-order chi connectivity index (χ1) is 14.1. The molecule has 29 heavy (non-hydrogen) atoms. The van der Waals surface area contributed by atoms with Gasteiger partial charge in [-0.3, -0.25) is 14.5 Å². The Kier molecular flexibility index (Phi) is 6.21. The lowest BCUT2D eigenvalue weighted by atomic mass is 10.1. The second kappa shape index (κ2) is 9.01. The number of anilines is 1. The number of piperazine rings is 1. The molecule has 2 aromatic rings. The topological polar surface area (TPSA) is 43.9 Å². The van der Waals surface area contributed by atoms with Gasteiger partial charge in [0.05, 0.1) is 0 Å². The summed E-state index contributed by atoms with van der Waals surface area (Å²) in [6, 6.07) is 16.2. The van der Waals surface area contributed by atoms with E-state index in [0.717, 1.165) is 61.7 Å². The number of amides is 2. The molecule has 0 aliphatic carbocycles. The fourth-order valence-corrected chi connectivity index (χ4v) is 4.96. The van der Waals surface area contributed by atoms with Crippen molar-refractivity contribution in [1.82, 2.24) is 9.80 Å². The summed E-state index contributed by atoms with van der Waals surface area (Å²) >= 11 is 1.88. The van der Waals surface area contributed by atoms with Crippen LogP contribution in [0.3, 0.4) is 0 Å². The summed E-state index contributed by atoms with van der Waals surface area (Å²) in [5.74, 6) is 1.23. The van der Waals surface area contributed by atoms with Crippen LogP contribution in [-0.4, -0.2) is 66.6 Å². The first kappa shape index (κ1) is 20.0. The molecule has 0 unspecified atom stereocenters. The zero-order chi connectivity index (χ0) is 20.2. The molecule has 2 heterocycles. The summed E-state index contributed by atoms with van der Waals surface area (Å²) in [5.41, 5.74) is 2.79. The van der Waals surface area contributed by atoms with Crippen molar-refractivity contribution in [3.05, 3.63) is 59.7 Å². The van der Waals surface area contributed by atoms with E-state index in [1.165, 1.54) is 4.90 Å². The first-order valence-electron chi connectivity index (χ1n) is 10.2. The van der Waals surface area contributed by atoms with E-state index in [9.17, 15) is 9.59 Å². The van der Waals surface area contributed by atoms with Crippen molar-refractivity contribution in [1.29, 1.82) is 0 Å². The van der Waals surface area contributed by atoms with Crippen molar-refractivity contribution in [3.63, 3.8) is 0 Å². The van der Waals surface area contributed by atoms with E-state index in [1.807, 2.05) is 40.9 Å². The Morgan fingerprint density at radius 1 is 0.966 bits per heavy atom. The molecule has 2 amide bonds. The Balaban J connectivity index is 1.28. The number of rotatable bonds is 5. The van der Waals surface area contributed by atoms with Crippen molar-refractivity contribution < 1.29 is 9.59 Å². The highest BCUT2D eigenvalue weighted by Gasteiger charge is 2.26. The van der Waals surface area contributed by atoms with E-state index >= 15 is 0 Å². The molecule has 0 spiro atoms. The molecule has 152 valence electrons. The van der Waals surface area contributed by atoms with Gasteiger partial charge in [-0.25, -0.2) is 0 Å². The van der Waals surface area contributed by atoms with Gasteiger partial charge in [-0.15, -0.1) is 11.8 Å². The van der Waals surface area contributed by atoms with Crippen LogP contribution >= 0.6 is 11.8 Å². The third-order valence-corrected chi connectivity index (χ3v) is 6.67. The zero-order valence-electron chi connectivity index (χ0n) is 16.8. The van der Waals surface area contributed by atoms with Crippen LogP contribution in [0.25, 0.3) is 0 Å². The van der Waals surface area contributed by atoms with Crippen LogP contribution in [0.4, 0.5) is 5.69 Å². The molecule has 6 heteroatoms. The molecule has 0 radical (unpaired) electrons. The highest BCUT2D eigenvalue weighted by atomic mass is 32.2. The quantitative estimate of drug-likeness (QED) is 0.712. The Hall–Kier alpha value is -2.31. The molecule has 0 N–H and O–H groups in total. The van der Waals surface area contributed by atoms with E-state index in [-0.39, 0.29) is 11.8 Å². The van der Waals surface area contributed by atoms with E-state index in [4.69, 9.17) is 0 Å². The number of carbonyl (C=O) groups excluding carboxylic acids is 2. The number of carbonyl (C=O) groups is 2. The van der Waals surface area contributed by atoms with Crippen molar-refractivity contribution in [2.75, 3.05) is 49.9 Å². The Bertz CT molecular complexity index is 879. The van der Waals surface area contributed by atoms with Crippen molar-refractivity contribution in [3.8, 4) is 0 Å². The third-order valence-electron chi connectivity index (χ3n) is 5.68. The molecule has 0 bridgehead atoms. The molecule has 1 saturated heterocycles. The predicted octanol–water partition coefficient (Wildman–Crippen LogP) is 3.15. The predicted molar refractivity (Wildman–Crippen MR) is 118 cm³/mol. The number of benzene rings is 2. The summed E-state index contributed by atoms with van der Waals surface area (Å²) < 4.78 is 0. The number of nitrogens with zero attached hydrogens (tertiary/aromatic N) is 3. The standard InChI is InChI=1S/C23H27N3O2S/c1-18(27)26-10-9-19-17-20(7-8-22(19)26)23(28)25-13-11-24(12-14-25)15-16-29-21-5-3-2-4-6-21/h2-8,17H,9-16H2,1H3. The molecule has 0 aromatic heterocycles. The lowest BCUT2D eigenvalue weighted by Crippen LogP contribution is -2.49. The van der Waals surface area contributed by atoms with Gasteiger partial charge in [-0.2, -0.15) is 0 Å². The summed E-state index contributed by atoms with van der Waals surface area (Å²) in [4.78, 5) is 32.1. The minimum absolute atomic E-state index is 0.0596. The van der Waals surface area contributed by atoms with Crippen LogP contribution in [0.2, 0.25) is 0 Å². The average molecular weight is 410 g/mol. The molecule has 0 saturated carbocycles. The van der Waals surface area contributed by atoms with Gasteiger partial charge in [0, 0.05) is 68.1 Å². The van der Waals surface area contributed by atoms with E-state index in [1.54, 1.807) is 11.8 Å². The van der Waals surface area contributed by atoms with Gasteiger partial charge in [0.2, 0.25) is 5.91 Å². The highest BCUT2D eigenvalue weighted by molar-refractivity contribution is 7.99. The maximum Gasteiger partial charge on any atom is 0.253 e. The third kappa shape index (κ3) is 4.65. The SMILES string of the molecule is CC(=O)N1CCc2cc(C(=O)N3CCN(CCSc4ccccc4)CC3)ccc21. The molecular weight excluding hydrogens is 382 g/mol. The average Bonchev–Trinajstić information content (AvgIpc) is 3.18. The second-order valence-corrected chi connectivity index (χ2v) is 8.73. The molecule has 2 aromatic carbocycles. The number of hydrogen-bond donors (Lipinski definition) is 0. The Labute approximate surface area is 176 Å². The molecule has 1 fully saturated rings. The molecule has 2 aliphatic rings. The first-order valence-corrected chi connectivity index (χ1v) is 11.2. The second-order valence-electron chi connectivity index (χ2n) is 7.56. The largest absolute Gasteiger partial charge is 0.336 e. The smallest absolute Gasteiger partial charge is 0.253 e. The van der Waals surface area contributed by atoms with E-state index in [2.05, 4.69) is 29.2 Å². The Morgan fingerprint density at radius 2 is 1.72 bits per heavy atom. The molecule has 0 atom stereocenters. The summed E-state index contributed by atoms with van der Waals surface area (Å²) in [5, 5.41) is 0. The minimum Gasteiger partial charge on any atom is -0.336 e. The van der Waals surface area contributed by atoms with Crippen molar-refractivity contribution in [2.24, 2.45) is 0 Å². The van der Waals surface area contributed by atoms with Gasteiger partial charge in [0.25, 0.3) is 5.91 Å². The fourth-order valence-electron chi connectivity index (χ4n) is 4.03. The van der Waals surface area contributed by atoms with Gasteiger partial charge < -0.3 is 9.80 Å². The van der Waals surface area contributed by atoms with Gasteiger partial charge in [-0.05, 0) is 42.3 Å². The molecule has 2 aliphatic heterocycles. The molecular formula is C23H27N3O2S. The van der Waals surface area contributed by atoms with Crippen LogP contribution in [0.15, 0.2) is 53.4 Å². The van der Waals surface area contributed by atoms with Crippen LogP contribution in [0, 0.1) is 0 Å². The van der Waals surface area contributed by atoms with Crippen molar-refractivity contribution in [2.45, 2.75) is 18.2 Å². The fraction of sp³-hybridized carbons (Fsp3) is 0.391.